The van der Waals surface area contributed by atoms with Crippen LogP contribution in [0.25, 0.3) is 0 Å². The Labute approximate surface area is 146 Å². The second-order valence-electron chi connectivity index (χ2n) is 5.45. The number of hydrogen-bond acceptors (Lipinski definition) is 6. The predicted molar refractivity (Wildman–Crippen MR) is 88.4 cm³/mol. The van der Waals surface area contributed by atoms with Gasteiger partial charge in [-0.3, -0.25) is 14.5 Å². The van der Waals surface area contributed by atoms with Gasteiger partial charge in [0.2, 0.25) is 0 Å². The fourth-order valence-corrected chi connectivity index (χ4v) is 2.87. The average molecular weight is 350 g/mol. The molecule has 0 aliphatic carbocycles. The number of methoxy groups -OCH3 is 2. The summed E-state index contributed by atoms with van der Waals surface area (Å²) >= 11 is 0. The quantitative estimate of drug-likeness (QED) is 0.590. The van der Waals surface area contributed by atoms with Crippen molar-refractivity contribution >= 4 is 17.9 Å². The largest absolute Gasteiger partial charge is 0.497 e. The number of imide groups is 1. The van der Waals surface area contributed by atoms with E-state index in [1.807, 2.05) is 0 Å². The maximum atomic E-state index is 13.0. The Morgan fingerprint density at radius 1 is 1.20 bits per heavy atom. The molecule has 1 N–H and O–H groups in total. The zero-order valence-electron chi connectivity index (χ0n) is 14.8. The summed E-state index contributed by atoms with van der Waals surface area (Å²) in [6.07, 6.45) is 0.278. The highest BCUT2D eigenvalue weighted by atomic mass is 16.5. The van der Waals surface area contributed by atoms with E-state index in [2.05, 4.69) is 5.32 Å². The summed E-state index contributed by atoms with van der Waals surface area (Å²) in [5.74, 6) is -0.209. The lowest BCUT2D eigenvalue weighted by Crippen LogP contribution is -2.44. The van der Waals surface area contributed by atoms with Gasteiger partial charge in [-0.05, 0) is 31.5 Å². The molecule has 0 saturated carbocycles. The van der Waals surface area contributed by atoms with E-state index < -0.39 is 30.0 Å². The van der Waals surface area contributed by atoms with Crippen LogP contribution in [0, 0.1) is 0 Å². The van der Waals surface area contributed by atoms with Gasteiger partial charge in [0.05, 0.1) is 20.8 Å². The molecule has 8 heteroatoms. The van der Waals surface area contributed by atoms with Gasteiger partial charge in [0.25, 0.3) is 5.91 Å². The van der Waals surface area contributed by atoms with Crippen molar-refractivity contribution in [3.63, 3.8) is 0 Å². The molecule has 0 unspecified atom stereocenters. The number of carbonyl (C=O) groups excluding carboxylic acids is 3. The molecule has 0 aromatic heterocycles. The predicted octanol–water partition coefficient (Wildman–Crippen LogP) is 1.42. The van der Waals surface area contributed by atoms with Crippen molar-refractivity contribution in [2.24, 2.45) is 0 Å². The number of esters is 1. The lowest BCUT2D eigenvalue weighted by molar-refractivity contribution is -0.147. The molecule has 1 aliphatic rings. The zero-order chi connectivity index (χ0) is 18.6. The molecule has 2 rings (SSSR count). The van der Waals surface area contributed by atoms with Crippen molar-refractivity contribution in [2.75, 3.05) is 27.4 Å². The van der Waals surface area contributed by atoms with Crippen molar-refractivity contribution in [2.45, 2.75) is 25.8 Å². The number of nitrogens with zero attached hydrogens (tertiary/aromatic N) is 1. The molecule has 3 amide bonds. The molecule has 1 aliphatic heterocycles. The Kier molecular flexibility index (Phi) is 5.51. The van der Waals surface area contributed by atoms with Crippen LogP contribution in [0.5, 0.6) is 11.5 Å². The van der Waals surface area contributed by atoms with Crippen LogP contribution in [-0.2, 0) is 19.9 Å². The molecule has 136 valence electrons. The molecule has 1 atom stereocenters. The molecule has 0 radical (unpaired) electrons. The second-order valence-corrected chi connectivity index (χ2v) is 5.45. The van der Waals surface area contributed by atoms with Gasteiger partial charge in [0, 0.05) is 5.56 Å². The molecule has 1 saturated heterocycles. The minimum atomic E-state index is -1.33. The Morgan fingerprint density at radius 3 is 2.48 bits per heavy atom. The number of nitrogens with one attached hydrogen (secondary N) is 1. The third-order valence-corrected chi connectivity index (χ3v) is 4.17. The van der Waals surface area contributed by atoms with Crippen molar-refractivity contribution in [1.29, 1.82) is 0 Å². The lowest BCUT2D eigenvalue weighted by Gasteiger charge is -2.27. The van der Waals surface area contributed by atoms with E-state index in [1.54, 1.807) is 32.0 Å². The molecule has 8 nitrogen and oxygen atoms in total. The third kappa shape index (κ3) is 3.24. The smallest absolute Gasteiger partial charge is 0.326 e. The standard InChI is InChI=1S/C17H22N2O6/c1-5-17(12-9-11(23-3)7-8-13(12)24-4)15(21)19(16(22)18-17)10-14(20)25-6-2/h7-9H,5-6,10H2,1-4H3,(H,18,22)/t17-/m0/s1. The fourth-order valence-electron chi connectivity index (χ4n) is 2.87. The van der Waals surface area contributed by atoms with E-state index >= 15 is 0 Å². The van der Waals surface area contributed by atoms with Crippen LogP contribution in [0.15, 0.2) is 18.2 Å². The van der Waals surface area contributed by atoms with Crippen LogP contribution in [-0.4, -0.2) is 50.2 Å². The summed E-state index contributed by atoms with van der Waals surface area (Å²) in [6.45, 7) is 3.16. The highest BCUT2D eigenvalue weighted by Gasteiger charge is 2.53. The minimum absolute atomic E-state index is 0.172. The van der Waals surface area contributed by atoms with Gasteiger partial charge < -0.3 is 19.5 Å². The minimum Gasteiger partial charge on any atom is -0.497 e. The van der Waals surface area contributed by atoms with Gasteiger partial charge in [-0.15, -0.1) is 0 Å². The van der Waals surface area contributed by atoms with Crippen molar-refractivity contribution in [1.82, 2.24) is 10.2 Å². The van der Waals surface area contributed by atoms with E-state index in [4.69, 9.17) is 14.2 Å². The molecular weight excluding hydrogens is 328 g/mol. The molecule has 1 heterocycles. The molecule has 0 spiro atoms. The first-order valence-electron chi connectivity index (χ1n) is 7.95. The maximum Gasteiger partial charge on any atom is 0.326 e. The second kappa shape index (κ2) is 7.42. The summed E-state index contributed by atoms with van der Waals surface area (Å²) in [5, 5.41) is 2.70. The first-order valence-corrected chi connectivity index (χ1v) is 7.95. The molecule has 1 aromatic rings. The van der Waals surface area contributed by atoms with Crippen molar-refractivity contribution in [3.05, 3.63) is 23.8 Å². The monoisotopic (exact) mass is 350 g/mol. The third-order valence-electron chi connectivity index (χ3n) is 4.17. The highest BCUT2D eigenvalue weighted by molar-refractivity contribution is 6.09. The fraction of sp³-hybridized carbons (Fsp3) is 0.471. The number of ether oxygens (including phenoxy) is 3. The van der Waals surface area contributed by atoms with Crippen LogP contribution < -0.4 is 14.8 Å². The normalized spacial score (nSPS) is 19.6. The Balaban J connectivity index is 2.46. The van der Waals surface area contributed by atoms with Gasteiger partial charge >= 0.3 is 12.0 Å². The summed E-state index contributed by atoms with van der Waals surface area (Å²) in [5.41, 5.74) is -0.856. The number of rotatable bonds is 7. The zero-order valence-corrected chi connectivity index (χ0v) is 14.8. The molecule has 1 fully saturated rings. The van der Waals surface area contributed by atoms with Crippen molar-refractivity contribution < 1.29 is 28.6 Å². The van der Waals surface area contributed by atoms with Crippen LogP contribution in [0.4, 0.5) is 4.79 Å². The number of hydrogen-bond donors (Lipinski definition) is 1. The van der Waals surface area contributed by atoms with Crippen molar-refractivity contribution in [3.8, 4) is 11.5 Å². The van der Waals surface area contributed by atoms with Gasteiger partial charge in [-0.2, -0.15) is 0 Å². The SMILES string of the molecule is CCOC(=O)CN1C(=O)N[C@@](CC)(c2cc(OC)ccc2OC)C1=O. The topological polar surface area (TPSA) is 94.2 Å². The maximum absolute atomic E-state index is 13.0. The van der Waals surface area contributed by atoms with Gasteiger partial charge in [-0.25, -0.2) is 4.79 Å². The van der Waals surface area contributed by atoms with Gasteiger partial charge in [0.15, 0.2) is 0 Å². The molecule has 0 bridgehead atoms. The summed E-state index contributed by atoms with van der Waals surface area (Å²) < 4.78 is 15.4. The number of carbonyl (C=O) groups is 3. The van der Waals surface area contributed by atoms with E-state index in [0.29, 0.717) is 17.1 Å². The van der Waals surface area contributed by atoms with Crippen LogP contribution >= 0.6 is 0 Å². The summed E-state index contributed by atoms with van der Waals surface area (Å²) in [6, 6.07) is 4.36. The molecule has 25 heavy (non-hydrogen) atoms. The highest BCUT2D eigenvalue weighted by Crippen LogP contribution is 2.39. The van der Waals surface area contributed by atoms with E-state index in [-0.39, 0.29) is 13.0 Å². The van der Waals surface area contributed by atoms with Gasteiger partial charge in [0.1, 0.15) is 23.6 Å². The number of amides is 3. The van der Waals surface area contributed by atoms with Crippen LogP contribution in [0.3, 0.4) is 0 Å². The Bertz CT molecular complexity index is 690. The Hall–Kier alpha value is -2.77. The Morgan fingerprint density at radius 2 is 1.92 bits per heavy atom. The summed E-state index contributed by atoms with van der Waals surface area (Å²) in [7, 11) is 2.98. The number of benzene rings is 1. The summed E-state index contributed by atoms with van der Waals surface area (Å²) in [4.78, 5) is 37.9. The molecular formula is C17H22N2O6. The molecule has 1 aromatic carbocycles. The van der Waals surface area contributed by atoms with E-state index in [0.717, 1.165) is 4.90 Å². The first-order chi connectivity index (χ1) is 11.9. The van der Waals surface area contributed by atoms with Crippen LogP contribution in [0.1, 0.15) is 25.8 Å². The lowest BCUT2D eigenvalue weighted by atomic mass is 9.86. The van der Waals surface area contributed by atoms with E-state index in [9.17, 15) is 14.4 Å². The number of urea groups is 1. The van der Waals surface area contributed by atoms with E-state index in [1.165, 1.54) is 14.2 Å². The van der Waals surface area contributed by atoms with Gasteiger partial charge in [-0.1, -0.05) is 6.92 Å². The average Bonchev–Trinajstić information content (AvgIpc) is 2.86. The first kappa shape index (κ1) is 18.6. The van der Waals surface area contributed by atoms with Crippen LogP contribution in [0.2, 0.25) is 0 Å².